The molecule has 10 heteroatoms. The number of fused-ring (bicyclic) bond motifs is 2. The molecule has 0 spiro atoms. The fourth-order valence-corrected chi connectivity index (χ4v) is 4.02. The SMILES string of the molecule is CC1CC1S.CS.Cc1ncc(Br)c2c(F)c[nH]c12.Cc1ncc(Br)c2c(F)c[nH]c12. The lowest BCUT2D eigenvalue weighted by atomic mass is 10.2. The average Bonchev–Trinajstić information content (AvgIpc) is 3.11. The summed E-state index contributed by atoms with van der Waals surface area (Å²) in [4.78, 5) is 13.8. The van der Waals surface area contributed by atoms with E-state index in [9.17, 15) is 8.78 Å². The highest BCUT2D eigenvalue weighted by molar-refractivity contribution is 9.11. The predicted molar refractivity (Wildman–Crippen MR) is 138 cm³/mol. The number of aromatic amines is 2. The molecule has 0 saturated heterocycles. The molecule has 5 rings (SSSR count). The molecule has 2 N–H and O–H groups in total. The summed E-state index contributed by atoms with van der Waals surface area (Å²) in [5.41, 5.74) is 3.11. The Morgan fingerprint density at radius 1 is 0.903 bits per heavy atom. The standard InChI is InChI=1S/2C8H6BrFN2.C4H8S.CH4S/c2*1-4-8-7(5(9)2-11-4)6(10)3-12-8;1-3-2-4(3)5;1-2/h2*2-3,12H,1H3;3-5H,2H2,1H3;2H,1H3. The quantitative estimate of drug-likeness (QED) is 0.160. The highest BCUT2D eigenvalue weighted by Gasteiger charge is 2.27. The summed E-state index contributed by atoms with van der Waals surface area (Å²) < 4.78 is 27.6. The number of hydrogen-bond donors (Lipinski definition) is 4. The molecule has 2 atom stereocenters. The number of thiol groups is 2. The third-order valence-corrected chi connectivity index (χ3v) is 6.60. The summed E-state index contributed by atoms with van der Waals surface area (Å²) in [6.07, 6.45) is 8.92. The first-order valence-corrected chi connectivity index (χ1v) is 12.4. The molecule has 0 aliphatic heterocycles. The molecule has 2 unspecified atom stereocenters. The van der Waals surface area contributed by atoms with E-state index in [0.717, 1.165) is 33.6 Å². The molecule has 1 aliphatic carbocycles. The van der Waals surface area contributed by atoms with Crippen LogP contribution in [0.4, 0.5) is 8.78 Å². The molecule has 4 aromatic heterocycles. The van der Waals surface area contributed by atoms with Crippen LogP contribution in [0.1, 0.15) is 24.7 Å². The largest absolute Gasteiger partial charge is 0.357 e. The van der Waals surface area contributed by atoms with E-state index < -0.39 is 0 Å². The molecule has 4 aromatic rings. The third kappa shape index (κ3) is 6.46. The number of pyridine rings is 2. The molecule has 0 radical (unpaired) electrons. The summed E-state index contributed by atoms with van der Waals surface area (Å²) in [5, 5.41) is 1.89. The van der Waals surface area contributed by atoms with E-state index in [4.69, 9.17) is 0 Å². The van der Waals surface area contributed by atoms with Crippen LogP contribution in [0.25, 0.3) is 21.8 Å². The van der Waals surface area contributed by atoms with Gasteiger partial charge >= 0.3 is 0 Å². The van der Waals surface area contributed by atoms with Gasteiger partial charge in [0.25, 0.3) is 0 Å². The lowest BCUT2D eigenvalue weighted by Gasteiger charge is -1.96. The van der Waals surface area contributed by atoms with Crippen LogP contribution in [0.3, 0.4) is 0 Å². The Labute approximate surface area is 208 Å². The van der Waals surface area contributed by atoms with Crippen LogP contribution in [0, 0.1) is 31.4 Å². The Hall–Kier alpha value is -1.10. The lowest BCUT2D eigenvalue weighted by molar-refractivity contribution is 0.638. The van der Waals surface area contributed by atoms with Gasteiger partial charge in [-0.25, -0.2) is 8.78 Å². The highest BCUT2D eigenvalue weighted by atomic mass is 79.9. The van der Waals surface area contributed by atoms with Crippen LogP contribution in [-0.4, -0.2) is 31.4 Å². The zero-order valence-electron chi connectivity index (χ0n) is 17.5. The van der Waals surface area contributed by atoms with E-state index in [0.29, 0.717) is 19.7 Å². The van der Waals surface area contributed by atoms with E-state index in [2.05, 4.69) is 84.0 Å². The first kappa shape index (κ1) is 26.2. The number of H-pyrrole nitrogens is 2. The number of halogens is 4. The number of aryl methyl sites for hydroxylation is 2. The van der Waals surface area contributed by atoms with Gasteiger partial charge in [-0.3, -0.25) is 9.97 Å². The van der Waals surface area contributed by atoms with Gasteiger partial charge in [-0.05, 0) is 64.3 Å². The summed E-state index contributed by atoms with van der Waals surface area (Å²) in [5.74, 6) is 0.420. The van der Waals surface area contributed by atoms with Crippen molar-refractivity contribution in [2.24, 2.45) is 5.92 Å². The number of rotatable bonds is 0. The molecule has 1 fully saturated rings. The number of nitrogens with one attached hydrogen (secondary N) is 2. The van der Waals surface area contributed by atoms with Gasteiger partial charge < -0.3 is 9.97 Å². The maximum Gasteiger partial charge on any atom is 0.149 e. The molecule has 0 bridgehead atoms. The molecule has 4 nitrogen and oxygen atoms in total. The fraction of sp³-hybridized carbons (Fsp3) is 0.333. The van der Waals surface area contributed by atoms with Gasteiger partial charge in [0.05, 0.1) is 33.2 Å². The van der Waals surface area contributed by atoms with Gasteiger partial charge in [-0.1, -0.05) is 6.92 Å². The van der Waals surface area contributed by atoms with Gasteiger partial charge in [0.2, 0.25) is 0 Å². The predicted octanol–water partition coefficient (Wildman–Crippen LogP) is 7.42. The second-order valence-electron chi connectivity index (χ2n) is 6.94. The molecule has 1 saturated carbocycles. The van der Waals surface area contributed by atoms with Crippen molar-refractivity contribution < 1.29 is 8.78 Å². The van der Waals surface area contributed by atoms with Crippen LogP contribution in [0.5, 0.6) is 0 Å². The smallest absolute Gasteiger partial charge is 0.149 e. The Kier molecular flexibility index (Phi) is 9.85. The van der Waals surface area contributed by atoms with Crippen LogP contribution >= 0.6 is 57.1 Å². The molecular weight excluding hydrogens is 570 g/mol. The zero-order chi connectivity index (χ0) is 23.3. The van der Waals surface area contributed by atoms with Crippen molar-refractivity contribution >= 4 is 78.9 Å². The molecule has 168 valence electrons. The molecular formula is C21H24Br2F2N4S2. The van der Waals surface area contributed by atoms with E-state index in [1.165, 1.54) is 18.8 Å². The normalized spacial score (nSPS) is 16.6. The van der Waals surface area contributed by atoms with Gasteiger partial charge in [0, 0.05) is 39.0 Å². The van der Waals surface area contributed by atoms with Gasteiger partial charge in [-0.2, -0.15) is 25.3 Å². The summed E-state index contributed by atoms with van der Waals surface area (Å²) >= 11 is 14.2. The number of hydrogen-bond acceptors (Lipinski definition) is 4. The maximum absolute atomic E-state index is 13.1. The lowest BCUT2D eigenvalue weighted by Crippen LogP contribution is -1.83. The topological polar surface area (TPSA) is 57.4 Å². The average molecular weight is 594 g/mol. The van der Waals surface area contributed by atoms with Crippen molar-refractivity contribution in [3.8, 4) is 0 Å². The van der Waals surface area contributed by atoms with Crippen LogP contribution in [-0.2, 0) is 0 Å². The number of aromatic nitrogens is 4. The minimum absolute atomic E-state index is 0.248. The third-order valence-electron chi connectivity index (χ3n) is 4.68. The molecule has 0 amide bonds. The zero-order valence-corrected chi connectivity index (χ0v) is 22.4. The molecule has 1 aliphatic rings. The van der Waals surface area contributed by atoms with Crippen LogP contribution in [0.2, 0.25) is 0 Å². The van der Waals surface area contributed by atoms with Crippen molar-refractivity contribution in [2.75, 3.05) is 6.26 Å². The van der Waals surface area contributed by atoms with Crippen LogP contribution < -0.4 is 0 Å². The summed E-state index contributed by atoms with van der Waals surface area (Å²) in [7, 11) is 0. The van der Waals surface area contributed by atoms with E-state index in [1.54, 1.807) is 18.6 Å². The Balaban J connectivity index is 0.000000170. The minimum Gasteiger partial charge on any atom is -0.357 e. The van der Waals surface area contributed by atoms with Crippen molar-refractivity contribution in [1.29, 1.82) is 0 Å². The summed E-state index contributed by atoms with van der Waals surface area (Å²) in [6.45, 7) is 5.90. The van der Waals surface area contributed by atoms with Crippen molar-refractivity contribution in [3.63, 3.8) is 0 Å². The van der Waals surface area contributed by atoms with Crippen LogP contribution in [0.15, 0.2) is 33.7 Å². The van der Waals surface area contributed by atoms with Gasteiger partial charge in [0.1, 0.15) is 11.6 Å². The van der Waals surface area contributed by atoms with Gasteiger partial charge in [0.15, 0.2) is 0 Å². The van der Waals surface area contributed by atoms with E-state index in [1.807, 2.05) is 13.8 Å². The first-order valence-electron chi connectivity index (χ1n) is 9.38. The molecule has 0 aromatic carbocycles. The van der Waals surface area contributed by atoms with Gasteiger partial charge in [-0.15, -0.1) is 0 Å². The Bertz CT molecular complexity index is 1070. The second-order valence-corrected chi connectivity index (χ2v) is 9.31. The van der Waals surface area contributed by atoms with Crippen molar-refractivity contribution in [1.82, 2.24) is 19.9 Å². The van der Waals surface area contributed by atoms with Crippen molar-refractivity contribution in [2.45, 2.75) is 32.4 Å². The minimum atomic E-state index is -0.248. The van der Waals surface area contributed by atoms with E-state index >= 15 is 0 Å². The molecule has 4 heterocycles. The second kappa shape index (κ2) is 11.7. The number of nitrogens with zero attached hydrogens (tertiary/aromatic N) is 2. The van der Waals surface area contributed by atoms with E-state index in [-0.39, 0.29) is 11.6 Å². The highest BCUT2D eigenvalue weighted by Crippen LogP contribution is 2.34. The Morgan fingerprint density at radius 3 is 1.48 bits per heavy atom. The Morgan fingerprint density at radius 2 is 1.23 bits per heavy atom. The monoisotopic (exact) mass is 592 g/mol. The summed E-state index contributed by atoms with van der Waals surface area (Å²) in [6, 6.07) is 0. The maximum atomic E-state index is 13.1. The van der Waals surface area contributed by atoms with Crippen molar-refractivity contribution in [3.05, 3.63) is 56.8 Å². The fourth-order valence-electron chi connectivity index (χ4n) is 2.70. The molecule has 31 heavy (non-hydrogen) atoms. The first-order chi connectivity index (χ1) is 14.7.